The molecule has 0 spiro atoms. The first-order valence-corrected chi connectivity index (χ1v) is 6.96. The van der Waals surface area contributed by atoms with Gasteiger partial charge in [0.15, 0.2) is 0 Å². The minimum absolute atomic E-state index is 0.340. The van der Waals surface area contributed by atoms with Gasteiger partial charge in [-0.2, -0.15) is 0 Å². The van der Waals surface area contributed by atoms with Gasteiger partial charge in [0.25, 0.3) is 0 Å². The van der Waals surface area contributed by atoms with Crippen molar-refractivity contribution in [3.63, 3.8) is 0 Å². The fourth-order valence-electron chi connectivity index (χ4n) is 1.72. The summed E-state index contributed by atoms with van der Waals surface area (Å²) in [6.45, 7) is 13.2. The van der Waals surface area contributed by atoms with Crippen molar-refractivity contribution >= 4 is 11.3 Å². The molecule has 0 fully saturated rings. The van der Waals surface area contributed by atoms with Crippen LogP contribution in [0.5, 0.6) is 0 Å². The Bertz CT molecular complexity index is 313. The molecule has 1 rings (SSSR count). The number of nitrogens with one attached hydrogen (secondary N) is 1. The summed E-state index contributed by atoms with van der Waals surface area (Å²) in [5, 5.41) is 4.75. The van der Waals surface area contributed by atoms with Crippen LogP contribution in [0.3, 0.4) is 0 Å². The average molecular weight is 240 g/mol. The lowest BCUT2D eigenvalue weighted by atomic mass is 9.84. The first kappa shape index (κ1) is 13.7. The van der Waals surface area contributed by atoms with Crippen molar-refractivity contribution in [2.75, 3.05) is 13.1 Å². The third kappa shape index (κ3) is 3.56. The molecule has 0 saturated carbocycles. The van der Waals surface area contributed by atoms with E-state index in [-0.39, 0.29) is 0 Å². The molecular formula is C13H24N2S. The summed E-state index contributed by atoms with van der Waals surface area (Å²) in [5.41, 5.74) is 1.54. The Hall–Kier alpha value is -0.410. The highest BCUT2D eigenvalue weighted by atomic mass is 32.1. The van der Waals surface area contributed by atoms with Crippen LogP contribution in [0.25, 0.3) is 0 Å². The fourth-order valence-corrected chi connectivity index (χ4v) is 2.87. The summed E-state index contributed by atoms with van der Waals surface area (Å²) in [7, 11) is 0. The van der Waals surface area contributed by atoms with Crippen LogP contribution in [-0.2, 0) is 6.42 Å². The van der Waals surface area contributed by atoms with Crippen molar-refractivity contribution in [3.05, 3.63) is 15.6 Å². The van der Waals surface area contributed by atoms with Gasteiger partial charge in [0.05, 0.1) is 10.7 Å². The van der Waals surface area contributed by atoms with Crippen molar-refractivity contribution in [1.29, 1.82) is 0 Å². The lowest BCUT2D eigenvalue weighted by Crippen LogP contribution is -2.33. The molecule has 2 nitrogen and oxygen atoms in total. The lowest BCUT2D eigenvalue weighted by Gasteiger charge is -2.27. The second-order valence-electron chi connectivity index (χ2n) is 4.87. The molecule has 3 heteroatoms. The summed E-state index contributed by atoms with van der Waals surface area (Å²) in [6, 6.07) is 0. The highest BCUT2D eigenvalue weighted by Gasteiger charge is 2.23. The molecule has 0 aliphatic heterocycles. The number of rotatable bonds is 6. The molecule has 1 unspecified atom stereocenters. The summed E-state index contributed by atoms with van der Waals surface area (Å²) >= 11 is 1.85. The monoisotopic (exact) mass is 240 g/mol. The van der Waals surface area contributed by atoms with Gasteiger partial charge in [-0.25, -0.2) is 4.98 Å². The Labute approximate surface area is 103 Å². The van der Waals surface area contributed by atoms with E-state index < -0.39 is 0 Å². The van der Waals surface area contributed by atoms with E-state index in [1.54, 1.807) is 0 Å². The van der Waals surface area contributed by atoms with Crippen molar-refractivity contribution < 1.29 is 0 Å². The lowest BCUT2D eigenvalue weighted by molar-refractivity contribution is 0.292. The van der Waals surface area contributed by atoms with Crippen molar-refractivity contribution in [1.82, 2.24) is 10.3 Å². The van der Waals surface area contributed by atoms with E-state index in [1.165, 1.54) is 22.0 Å². The summed E-state index contributed by atoms with van der Waals surface area (Å²) in [4.78, 5) is 6.00. The molecule has 92 valence electrons. The third-order valence-electron chi connectivity index (χ3n) is 3.31. The Morgan fingerprint density at radius 3 is 2.44 bits per heavy atom. The van der Waals surface area contributed by atoms with Gasteiger partial charge >= 0.3 is 0 Å². The molecular weight excluding hydrogens is 216 g/mol. The summed E-state index contributed by atoms with van der Waals surface area (Å²) in [5.74, 6) is 0. The molecule has 1 aromatic rings. The average Bonchev–Trinajstić information content (AvgIpc) is 2.55. The Balaban J connectivity index is 2.68. The summed E-state index contributed by atoms with van der Waals surface area (Å²) in [6.07, 6.45) is 2.29. The van der Waals surface area contributed by atoms with Gasteiger partial charge in [0, 0.05) is 17.8 Å². The predicted molar refractivity (Wildman–Crippen MR) is 72.2 cm³/mol. The smallest absolute Gasteiger partial charge is 0.0936 e. The highest BCUT2D eigenvalue weighted by molar-refractivity contribution is 7.11. The molecule has 1 atom stereocenters. The predicted octanol–water partition coefficient (Wildman–Crippen LogP) is 3.33. The van der Waals surface area contributed by atoms with Gasteiger partial charge in [0.1, 0.15) is 0 Å². The van der Waals surface area contributed by atoms with E-state index in [0.29, 0.717) is 5.41 Å². The van der Waals surface area contributed by atoms with E-state index >= 15 is 0 Å². The zero-order valence-corrected chi connectivity index (χ0v) is 12.0. The minimum atomic E-state index is 0.340. The Kier molecular flexibility index (Phi) is 4.93. The molecule has 0 aliphatic rings. The zero-order chi connectivity index (χ0) is 12.2. The van der Waals surface area contributed by atoms with Crippen LogP contribution < -0.4 is 5.32 Å². The molecule has 1 N–H and O–H groups in total. The molecule has 1 aromatic heterocycles. The molecule has 0 amide bonds. The normalized spacial score (nSPS) is 15.1. The quantitative estimate of drug-likeness (QED) is 0.825. The van der Waals surface area contributed by atoms with Crippen LogP contribution in [0.2, 0.25) is 0 Å². The van der Waals surface area contributed by atoms with E-state index in [1.807, 2.05) is 11.3 Å². The standard InChI is InChI=1S/C13H24N2S/c1-6-13(5,9-14-7-2)8-12-15-10(3)11(4)16-12/h14H,6-9H2,1-5H3. The van der Waals surface area contributed by atoms with Gasteiger partial charge in [-0.05, 0) is 32.2 Å². The number of hydrogen-bond donors (Lipinski definition) is 1. The van der Waals surface area contributed by atoms with Crippen molar-refractivity contribution in [3.8, 4) is 0 Å². The molecule has 0 bridgehead atoms. The van der Waals surface area contributed by atoms with Crippen LogP contribution in [0, 0.1) is 19.3 Å². The second kappa shape index (κ2) is 5.78. The van der Waals surface area contributed by atoms with Crippen molar-refractivity contribution in [2.24, 2.45) is 5.41 Å². The SMILES string of the molecule is CCNCC(C)(CC)Cc1nc(C)c(C)s1. The topological polar surface area (TPSA) is 24.9 Å². The third-order valence-corrected chi connectivity index (χ3v) is 4.38. The molecule has 16 heavy (non-hydrogen) atoms. The van der Waals surface area contributed by atoms with Crippen LogP contribution >= 0.6 is 11.3 Å². The van der Waals surface area contributed by atoms with Gasteiger partial charge in [-0.1, -0.05) is 20.8 Å². The number of aryl methyl sites for hydroxylation is 2. The fraction of sp³-hybridized carbons (Fsp3) is 0.769. The van der Waals surface area contributed by atoms with Gasteiger partial charge < -0.3 is 5.32 Å². The highest BCUT2D eigenvalue weighted by Crippen LogP contribution is 2.28. The molecule has 0 aromatic carbocycles. The number of nitrogens with zero attached hydrogens (tertiary/aromatic N) is 1. The molecule has 0 radical (unpaired) electrons. The maximum absolute atomic E-state index is 4.64. The van der Waals surface area contributed by atoms with E-state index in [0.717, 1.165) is 19.5 Å². The first-order valence-electron chi connectivity index (χ1n) is 6.14. The van der Waals surface area contributed by atoms with Crippen LogP contribution in [-0.4, -0.2) is 18.1 Å². The number of aromatic nitrogens is 1. The van der Waals surface area contributed by atoms with Gasteiger partial charge in [-0.15, -0.1) is 11.3 Å². The van der Waals surface area contributed by atoms with Gasteiger partial charge in [-0.3, -0.25) is 0 Å². The number of thiazole rings is 1. The minimum Gasteiger partial charge on any atom is -0.316 e. The van der Waals surface area contributed by atoms with Gasteiger partial charge in [0.2, 0.25) is 0 Å². The molecule has 0 saturated heterocycles. The maximum Gasteiger partial charge on any atom is 0.0936 e. The van der Waals surface area contributed by atoms with Crippen LogP contribution in [0.15, 0.2) is 0 Å². The Morgan fingerprint density at radius 1 is 1.31 bits per heavy atom. The van der Waals surface area contributed by atoms with E-state index in [9.17, 15) is 0 Å². The maximum atomic E-state index is 4.64. The Morgan fingerprint density at radius 2 is 2.00 bits per heavy atom. The second-order valence-corrected chi connectivity index (χ2v) is 6.16. The van der Waals surface area contributed by atoms with E-state index in [2.05, 4.69) is 44.9 Å². The largest absolute Gasteiger partial charge is 0.316 e. The van der Waals surface area contributed by atoms with E-state index in [4.69, 9.17) is 0 Å². The van der Waals surface area contributed by atoms with Crippen LogP contribution in [0.4, 0.5) is 0 Å². The summed E-state index contributed by atoms with van der Waals surface area (Å²) < 4.78 is 0. The van der Waals surface area contributed by atoms with Crippen molar-refractivity contribution in [2.45, 2.75) is 47.5 Å². The zero-order valence-electron chi connectivity index (χ0n) is 11.2. The first-order chi connectivity index (χ1) is 7.50. The molecule has 0 aliphatic carbocycles. The molecule has 1 heterocycles. The van der Waals surface area contributed by atoms with Crippen LogP contribution in [0.1, 0.15) is 42.8 Å². The number of hydrogen-bond acceptors (Lipinski definition) is 3.